The first kappa shape index (κ1) is 19.8. The first-order valence-corrected chi connectivity index (χ1v) is 9.84. The van der Waals surface area contributed by atoms with Crippen LogP contribution < -0.4 is 10.6 Å². The Kier molecular flexibility index (Phi) is 6.58. The number of nitrogens with one attached hydrogen (secondary N) is 2. The summed E-state index contributed by atoms with van der Waals surface area (Å²) in [6.07, 6.45) is 9.45. The third-order valence-electron chi connectivity index (χ3n) is 5.01. The standard InChI is InChI=1S/C23H27N3O2/c1-16-8-9-17(2)20(14-16)26-23(28)21-15-19(11-13-24-21)22(27)25-12-10-18-6-4-3-5-7-18/h6,8-9,11,13-15H,3-5,7,10,12H2,1-2H3,(H,25,27)(H,26,28). The number of aryl methyl sites for hydroxylation is 2. The van der Waals surface area contributed by atoms with Crippen LogP contribution in [0.15, 0.2) is 48.2 Å². The van der Waals surface area contributed by atoms with Crippen molar-refractivity contribution in [3.63, 3.8) is 0 Å². The number of carbonyl (C=O) groups is 2. The van der Waals surface area contributed by atoms with E-state index in [1.165, 1.54) is 30.7 Å². The predicted octanol–water partition coefficient (Wildman–Crippen LogP) is 4.57. The number of allylic oxidation sites excluding steroid dienone is 1. The number of benzene rings is 1. The summed E-state index contributed by atoms with van der Waals surface area (Å²) in [5, 5.41) is 5.82. The van der Waals surface area contributed by atoms with Crippen molar-refractivity contribution in [2.75, 3.05) is 11.9 Å². The van der Waals surface area contributed by atoms with Gasteiger partial charge in [0, 0.05) is 24.0 Å². The molecule has 28 heavy (non-hydrogen) atoms. The molecule has 1 aromatic heterocycles. The van der Waals surface area contributed by atoms with Crippen LogP contribution in [0.2, 0.25) is 0 Å². The lowest BCUT2D eigenvalue weighted by Crippen LogP contribution is -2.25. The zero-order valence-corrected chi connectivity index (χ0v) is 16.5. The molecule has 0 radical (unpaired) electrons. The Labute approximate surface area is 166 Å². The molecule has 146 valence electrons. The van der Waals surface area contributed by atoms with E-state index in [2.05, 4.69) is 21.7 Å². The normalized spacial score (nSPS) is 13.6. The molecule has 1 aliphatic carbocycles. The molecule has 1 aromatic carbocycles. The van der Waals surface area contributed by atoms with Gasteiger partial charge in [-0.1, -0.05) is 23.8 Å². The molecule has 5 nitrogen and oxygen atoms in total. The van der Waals surface area contributed by atoms with Gasteiger partial charge in [0.15, 0.2) is 0 Å². The van der Waals surface area contributed by atoms with Crippen molar-refractivity contribution >= 4 is 17.5 Å². The zero-order chi connectivity index (χ0) is 19.9. The van der Waals surface area contributed by atoms with Gasteiger partial charge in [-0.2, -0.15) is 0 Å². The molecule has 0 bridgehead atoms. The van der Waals surface area contributed by atoms with Crippen LogP contribution in [-0.4, -0.2) is 23.3 Å². The molecular formula is C23H27N3O2. The van der Waals surface area contributed by atoms with Gasteiger partial charge < -0.3 is 10.6 Å². The van der Waals surface area contributed by atoms with Crippen molar-refractivity contribution in [2.45, 2.75) is 46.0 Å². The topological polar surface area (TPSA) is 71.1 Å². The highest BCUT2D eigenvalue weighted by Crippen LogP contribution is 2.19. The third-order valence-corrected chi connectivity index (χ3v) is 5.01. The Bertz CT molecular complexity index is 902. The van der Waals surface area contributed by atoms with Crippen molar-refractivity contribution in [2.24, 2.45) is 0 Å². The van der Waals surface area contributed by atoms with E-state index in [1.807, 2.05) is 32.0 Å². The number of nitrogens with zero attached hydrogens (tertiary/aromatic N) is 1. The zero-order valence-electron chi connectivity index (χ0n) is 16.5. The van der Waals surface area contributed by atoms with E-state index in [9.17, 15) is 9.59 Å². The van der Waals surface area contributed by atoms with Crippen LogP contribution in [0.4, 0.5) is 5.69 Å². The molecule has 2 N–H and O–H groups in total. The molecule has 0 aliphatic heterocycles. The number of rotatable bonds is 6. The van der Waals surface area contributed by atoms with E-state index < -0.39 is 0 Å². The maximum absolute atomic E-state index is 12.6. The highest BCUT2D eigenvalue weighted by molar-refractivity contribution is 6.05. The molecule has 0 unspecified atom stereocenters. The average molecular weight is 377 g/mol. The molecule has 1 heterocycles. The Morgan fingerprint density at radius 2 is 1.93 bits per heavy atom. The molecule has 0 atom stereocenters. The van der Waals surface area contributed by atoms with Crippen LogP contribution in [0.25, 0.3) is 0 Å². The van der Waals surface area contributed by atoms with E-state index in [-0.39, 0.29) is 17.5 Å². The minimum Gasteiger partial charge on any atom is -0.352 e. The van der Waals surface area contributed by atoms with Crippen LogP contribution in [0, 0.1) is 13.8 Å². The molecule has 5 heteroatoms. The smallest absolute Gasteiger partial charge is 0.274 e. The van der Waals surface area contributed by atoms with Gasteiger partial charge >= 0.3 is 0 Å². The lowest BCUT2D eigenvalue weighted by Gasteiger charge is -2.13. The second-order valence-electron chi connectivity index (χ2n) is 7.32. The summed E-state index contributed by atoms with van der Waals surface area (Å²) in [4.78, 5) is 29.1. The van der Waals surface area contributed by atoms with Crippen molar-refractivity contribution in [1.29, 1.82) is 0 Å². The Morgan fingerprint density at radius 3 is 2.71 bits per heavy atom. The first-order valence-electron chi connectivity index (χ1n) is 9.84. The Hall–Kier alpha value is -2.95. The average Bonchev–Trinajstić information content (AvgIpc) is 2.71. The van der Waals surface area contributed by atoms with E-state index in [1.54, 1.807) is 6.07 Å². The van der Waals surface area contributed by atoms with Gasteiger partial charge in [0.2, 0.25) is 0 Å². The van der Waals surface area contributed by atoms with Crippen LogP contribution in [0.1, 0.15) is 64.1 Å². The van der Waals surface area contributed by atoms with Crippen LogP contribution in [-0.2, 0) is 0 Å². The van der Waals surface area contributed by atoms with E-state index >= 15 is 0 Å². The van der Waals surface area contributed by atoms with Crippen molar-refractivity contribution in [3.8, 4) is 0 Å². The van der Waals surface area contributed by atoms with Crippen molar-refractivity contribution < 1.29 is 9.59 Å². The van der Waals surface area contributed by atoms with Gasteiger partial charge in [-0.3, -0.25) is 14.6 Å². The molecule has 0 fully saturated rings. The van der Waals surface area contributed by atoms with E-state index in [4.69, 9.17) is 0 Å². The summed E-state index contributed by atoms with van der Waals surface area (Å²) < 4.78 is 0. The summed E-state index contributed by atoms with van der Waals surface area (Å²) in [7, 11) is 0. The lowest BCUT2D eigenvalue weighted by atomic mass is 9.97. The fraction of sp³-hybridized carbons (Fsp3) is 0.348. The predicted molar refractivity (Wildman–Crippen MR) is 112 cm³/mol. The maximum Gasteiger partial charge on any atom is 0.274 e. The van der Waals surface area contributed by atoms with Gasteiger partial charge in [-0.25, -0.2) is 0 Å². The molecule has 0 spiro atoms. The molecule has 1 aliphatic rings. The number of anilines is 1. The van der Waals surface area contributed by atoms with Gasteiger partial charge in [0.05, 0.1) is 0 Å². The number of pyridine rings is 1. The summed E-state index contributed by atoms with van der Waals surface area (Å²) in [6, 6.07) is 9.05. The van der Waals surface area contributed by atoms with Gasteiger partial charge in [0.25, 0.3) is 11.8 Å². The fourth-order valence-electron chi connectivity index (χ4n) is 3.32. The largest absolute Gasteiger partial charge is 0.352 e. The third kappa shape index (κ3) is 5.28. The molecule has 3 rings (SSSR count). The van der Waals surface area contributed by atoms with Crippen molar-refractivity contribution in [3.05, 3.63) is 70.6 Å². The number of amides is 2. The quantitative estimate of drug-likeness (QED) is 0.724. The van der Waals surface area contributed by atoms with Crippen LogP contribution in [0.3, 0.4) is 0 Å². The minimum absolute atomic E-state index is 0.181. The fourth-order valence-corrected chi connectivity index (χ4v) is 3.32. The number of hydrogen-bond donors (Lipinski definition) is 2. The first-order chi connectivity index (χ1) is 13.5. The Balaban J connectivity index is 1.60. The second kappa shape index (κ2) is 9.31. The molecule has 2 amide bonds. The van der Waals surface area contributed by atoms with Crippen molar-refractivity contribution in [1.82, 2.24) is 10.3 Å². The summed E-state index contributed by atoms with van der Waals surface area (Å²) in [5.41, 5.74) is 4.89. The van der Waals surface area contributed by atoms with Gasteiger partial charge in [-0.15, -0.1) is 0 Å². The SMILES string of the molecule is Cc1ccc(C)c(NC(=O)c2cc(C(=O)NCCC3=CCCCC3)ccn2)c1. The van der Waals surface area contributed by atoms with E-state index in [0.717, 1.165) is 36.1 Å². The molecule has 0 saturated heterocycles. The van der Waals surface area contributed by atoms with Crippen LogP contribution in [0.5, 0.6) is 0 Å². The summed E-state index contributed by atoms with van der Waals surface area (Å²) in [5.74, 6) is -0.504. The highest BCUT2D eigenvalue weighted by atomic mass is 16.2. The minimum atomic E-state index is -0.323. The Morgan fingerprint density at radius 1 is 1.07 bits per heavy atom. The van der Waals surface area contributed by atoms with Gasteiger partial charge in [0.1, 0.15) is 5.69 Å². The van der Waals surface area contributed by atoms with E-state index in [0.29, 0.717) is 12.1 Å². The highest BCUT2D eigenvalue weighted by Gasteiger charge is 2.13. The molecular weight excluding hydrogens is 350 g/mol. The lowest BCUT2D eigenvalue weighted by molar-refractivity contribution is 0.0954. The van der Waals surface area contributed by atoms with Crippen LogP contribution >= 0.6 is 0 Å². The number of carbonyl (C=O) groups excluding carboxylic acids is 2. The maximum atomic E-state index is 12.6. The molecule has 0 saturated carbocycles. The number of aromatic nitrogens is 1. The molecule has 2 aromatic rings. The number of hydrogen-bond acceptors (Lipinski definition) is 3. The summed E-state index contributed by atoms with van der Waals surface area (Å²) >= 11 is 0. The second-order valence-corrected chi connectivity index (χ2v) is 7.32. The van der Waals surface area contributed by atoms with Gasteiger partial charge in [-0.05, 0) is 75.3 Å². The summed E-state index contributed by atoms with van der Waals surface area (Å²) in [6.45, 7) is 4.52. The monoisotopic (exact) mass is 377 g/mol.